The summed E-state index contributed by atoms with van der Waals surface area (Å²) in [6, 6.07) is 40.0. The SMILES string of the molecule is OB(O)c1cccc2c1-c1ccc3ccccc3c1C21c2ccccc2-c2c1ccc1c2oc2ccccc21. The van der Waals surface area contributed by atoms with Crippen molar-refractivity contribution in [1.82, 2.24) is 0 Å². The first-order valence-electron chi connectivity index (χ1n) is 13.3. The lowest BCUT2D eigenvalue weighted by atomic mass is 9.68. The van der Waals surface area contributed by atoms with E-state index in [-0.39, 0.29) is 0 Å². The highest BCUT2D eigenvalue weighted by Crippen LogP contribution is 2.64. The maximum atomic E-state index is 10.5. The zero-order chi connectivity index (χ0) is 25.9. The van der Waals surface area contributed by atoms with Crippen LogP contribution in [0.25, 0.3) is 55.0 Å². The van der Waals surface area contributed by atoms with Crippen molar-refractivity contribution < 1.29 is 14.5 Å². The molecule has 0 bridgehead atoms. The minimum Gasteiger partial charge on any atom is -0.455 e. The predicted molar refractivity (Wildman–Crippen MR) is 157 cm³/mol. The van der Waals surface area contributed by atoms with E-state index in [4.69, 9.17) is 4.42 Å². The van der Waals surface area contributed by atoms with Gasteiger partial charge in [0.2, 0.25) is 0 Å². The summed E-state index contributed by atoms with van der Waals surface area (Å²) in [6.07, 6.45) is 0. The Morgan fingerprint density at radius 3 is 2.18 bits per heavy atom. The molecule has 2 aliphatic rings. The lowest BCUT2D eigenvalue weighted by Crippen LogP contribution is -2.33. The molecule has 3 nitrogen and oxygen atoms in total. The number of rotatable bonds is 1. The summed E-state index contributed by atoms with van der Waals surface area (Å²) < 4.78 is 6.60. The van der Waals surface area contributed by atoms with Crippen molar-refractivity contribution in [2.75, 3.05) is 0 Å². The van der Waals surface area contributed by atoms with Gasteiger partial charge in [-0.25, -0.2) is 0 Å². The zero-order valence-corrected chi connectivity index (χ0v) is 20.8. The summed E-state index contributed by atoms with van der Waals surface area (Å²) in [7, 11) is -1.58. The van der Waals surface area contributed by atoms with Crippen LogP contribution >= 0.6 is 0 Å². The Hall–Kier alpha value is -4.64. The van der Waals surface area contributed by atoms with Crippen molar-refractivity contribution in [1.29, 1.82) is 0 Å². The fraction of sp³-hybridized carbons (Fsp3) is 0.0286. The number of benzene rings is 6. The summed E-state index contributed by atoms with van der Waals surface area (Å²) in [5.74, 6) is 0. The molecule has 0 amide bonds. The largest absolute Gasteiger partial charge is 0.489 e. The Morgan fingerprint density at radius 2 is 1.28 bits per heavy atom. The van der Waals surface area contributed by atoms with Crippen LogP contribution in [0.4, 0.5) is 0 Å². The van der Waals surface area contributed by atoms with E-state index in [1.807, 2.05) is 24.3 Å². The molecule has 4 heteroatoms. The molecule has 39 heavy (non-hydrogen) atoms. The molecular formula is C35H21BO3. The van der Waals surface area contributed by atoms with Crippen LogP contribution < -0.4 is 5.46 Å². The first kappa shape index (κ1) is 21.3. The van der Waals surface area contributed by atoms with E-state index in [0.717, 1.165) is 66.1 Å². The van der Waals surface area contributed by atoms with Crippen LogP contribution in [-0.2, 0) is 5.41 Å². The minimum atomic E-state index is -1.58. The van der Waals surface area contributed by atoms with E-state index in [1.165, 1.54) is 11.1 Å². The van der Waals surface area contributed by atoms with Crippen molar-refractivity contribution in [3.63, 3.8) is 0 Å². The van der Waals surface area contributed by atoms with Crippen molar-refractivity contribution in [3.05, 3.63) is 138 Å². The number of fused-ring (bicyclic) bond motifs is 16. The van der Waals surface area contributed by atoms with Gasteiger partial charge in [-0.3, -0.25) is 0 Å². The summed E-state index contributed by atoms with van der Waals surface area (Å²) in [4.78, 5) is 0. The molecule has 182 valence electrons. The lowest BCUT2D eigenvalue weighted by molar-refractivity contribution is 0.426. The fourth-order valence-corrected chi connectivity index (χ4v) is 7.52. The standard InChI is InChI=1S/C35H21BO3/c37-36(38)29-14-7-13-27-31(29)25-17-16-20-8-1-2-9-21(20)33(25)35(27)26-12-5-3-11-24(26)32-28(35)19-18-23-22-10-4-6-15-30(22)39-34(23)32/h1-19,37-38H. The molecule has 0 saturated heterocycles. The van der Waals surface area contributed by atoms with E-state index in [0.29, 0.717) is 5.46 Å². The summed E-state index contributed by atoms with van der Waals surface area (Å²) in [5.41, 5.74) is 10.5. The molecule has 1 atom stereocenters. The highest BCUT2D eigenvalue weighted by molar-refractivity contribution is 6.60. The molecule has 2 aliphatic carbocycles. The smallest absolute Gasteiger partial charge is 0.455 e. The second-order valence-electron chi connectivity index (χ2n) is 10.6. The number of hydrogen-bond donors (Lipinski definition) is 2. The van der Waals surface area contributed by atoms with Gasteiger partial charge >= 0.3 is 7.12 Å². The third-order valence-corrected chi connectivity index (χ3v) is 8.90. The summed E-state index contributed by atoms with van der Waals surface area (Å²) in [6.45, 7) is 0. The van der Waals surface area contributed by atoms with E-state index in [2.05, 4.69) is 91.0 Å². The Bertz CT molecular complexity index is 2170. The average molecular weight is 500 g/mol. The summed E-state index contributed by atoms with van der Waals surface area (Å²) >= 11 is 0. The quantitative estimate of drug-likeness (QED) is 0.245. The molecular weight excluding hydrogens is 479 g/mol. The highest BCUT2D eigenvalue weighted by Gasteiger charge is 2.54. The molecule has 9 rings (SSSR count). The normalized spacial score (nSPS) is 16.6. The van der Waals surface area contributed by atoms with Gasteiger partial charge in [0.1, 0.15) is 11.2 Å². The second kappa shape index (κ2) is 7.26. The van der Waals surface area contributed by atoms with Crippen LogP contribution in [0, 0.1) is 0 Å². The predicted octanol–water partition coefficient (Wildman–Crippen LogP) is 6.76. The van der Waals surface area contributed by atoms with Gasteiger partial charge in [0.25, 0.3) is 0 Å². The maximum absolute atomic E-state index is 10.5. The lowest BCUT2D eigenvalue weighted by Gasteiger charge is -2.31. The number of para-hydroxylation sites is 1. The molecule has 1 spiro atoms. The monoisotopic (exact) mass is 500 g/mol. The van der Waals surface area contributed by atoms with Crippen molar-refractivity contribution in [2.45, 2.75) is 5.41 Å². The Kier molecular flexibility index (Phi) is 3.97. The zero-order valence-electron chi connectivity index (χ0n) is 20.8. The average Bonchev–Trinajstić information content (AvgIpc) is 3.60. The molecule has 6 aromatic carbocycles. The molecule has 0 radical (unpaired) electrons. The van der Waals surface area contributed by atoms with E-state index < -0.39 is 12.5 Å². The first-order valence-corrected chi connectivity index (χ1v) is 13.3. The van der Waals surface area contributed by atoms with Crippen LogP contribution in [0.3, 0.4) is 0 Å². The van der Waals surface area contributed by atoms with Crippen molar-refractivity contribution in [3.8, 4) is 22.3 Å². The third-order valence-electron chi connectivity index (χ3n) is 8.90. The summed E-state index contributed by atoms with van der Waals surface area (Å²) in [5, 5.41) is 25.6. The Labute approximate surface area is 224 Å². The van der Waals surface area contributed by atoms with Crippen molar-refractivity contribution in [2.24, 2.45) is 0 Å². The van der Waals surface area contributed by atoms with Gasteiger partial charge in [0.05, 0.1) is 5.41 Å². The van der Waals surface area contributed by atoms with Gasteiger partial charge < -0.3 is 14.5 Å². The van der Waals surface area contributed by atoms with E-state index in [9.17, 15) is 10.0 Å². The third kappa shape index (κ3) is 2.42. The van der Waals surface area contributed by atoms with Crippen LogP contribution in [0.15, 0.2) is 120 Å². The van der Waals surface area contributed by atoms with Gasteiger partial charge in [-0.2, -0.15) is 0 Å². The van der Waals surface area contributed by atoms with Crippen molar-refractivity contribution >= 4 is 45.3 Å². The van der Waals surface area contributed by atoms with Crippen LogP contribution in [0.5, 0.6) is 0 Å². The van der Waals surface area contributed by atoms with Crippen LogP contribution in [0.1, 0.15) is 22.3 Å². The van der Waals surface area contributed by atoms with Gasteiger partial charge in [-0.05, 0) is 61.2 Å². The number of hydrogen-bond acceptors (Lipinski definition) is 3. The minimum absolute atomic E-state index is 0.525. The van der Waals surface area contributed by atoms with Crippen LogP contribution in [-0.4, -0.2) is 17.2 Å². The Balaban J connectivity index is 1.55. The molecule has 7 aromatic rings. The maximum Gasteiger partial charge on any atom is 0.489 e. The fourth-order valence-electron chi connectivity index (χ4n) is 7.52. The molecule has 1 aromatic heterocycles. The van der Waals surface area contributed by atoms with E-state index >= 15 is 0 Å². The molecule has 1 heterocycles. The molecule has 0 saturated carbocycles. The topological polar surface area (TPSA) is 53.6 Å². The van der Waals surface area contributed by atoms with Crippen LogP contribution in [0.2, 0.25) is 0 Å². The van der Waals surface area contributed by atoms with Gasteiger partial charge in [-0.1, -0.05) is 109 Å². The van der Waals surface area contributed by atoms with E-state index in [1.54, 1.807) is 0 Å². The molecule has 0 fully saturated rings. The highest BCUT2D eigenvalue weighted by atomic mass is 16.4. The van der Waals surface area contributed by atoms with Gasteiger partial charge in [0, 0.05) is 16.3 Å². The molecule has 1 unspecified atom stereocenters. The molecule has 0 aliphatic heterocycles. The van der Waals surface area contributed by atoms with Gasteiger partial charge in [-0.15, -0.1) is 0 Å². The Morgan fingerprint density at radius 1 is 0.538 bits per heavy atom. The number of furan rings is 1. The molecule has 2 N–H and O–H groups in total. The first-order chi connectivity index (χ1) is 19.2. The second-order valence-corrected chi connectivity index (χ2v) is 10.6. The van der Waals surface area contributed by atoms with Gasteiger partial charge in [0.15, 0.2) is 0 Å².